The highest BCUT2D eigenvalue weighted by Crippen LogP contribution is 2.31. The molecule has 168 valence electrons. The third kappa shape index (κ3) is 6.01. The average molecular weight is 510 g/mol. The lowest BCUT2D eigenvalue weighted by atomic mass is 9.91. The van der Waals surface area contributed by atoms with Crippen LogP contribution in [0.2, 0.25) is 0 Å². The highest BCUT2D eigenvalue weighted by molar-refractivity contribution is 7.80. The van der Waals surface area contributed by atoms with E-state index in [4.69, 9.17) is 51.8 Å². The molecule has 1 saturated heterocycles. The van der Waals surface area contributed by atoms with E-state index in [9.17, 15) is 0 Å². The molecule has 0 spiro atoms. The highest BCUT2D eigenvalue weighted by atomic mass is 35.6. The molecule has 2 heterocycles. The smallest absolute Gasteiger partial charge is 0.223 e. The Morgan fingerprint density at radius 1 is 1.03 bits per heavy atom. The van der Waals surface area contributed by atoms with Crippen LogP contribution < -0.4 is 16.0 Å². The number of aromatic nitrogens is 1. The maximum atomic E-state index is 6.28. The van der Waals surface area contributed by atoms with Gasteiger partial charge in [-0.2, -0.15) is 0 Å². The zero-order valence-electron chi connectivity index (χ0n) is 17.1. The van der Waals surface area contributed by atoms with E-state index in [-0.39, 0.29) is 12.0 Å². The van der Waals surface area contributed by atoms with Crippen LogP contribution in [0, 0.1) is 0 Å². The fourth-order valence-electron chi connectivity index (χ4n) is 3.85. The first kappa shape index (κ1) is 23.5. The van der Waals surface area contributed by atoms with Gasteiger partial charge in [0.05, 0.1) is 24.4 Å². The Balaban J connectivity index is 1.43. The monoisotopic (exact) mass is 508 g/mol. The van der Waals surface area contributed by atoms with Crippen molar-refractivity contribution in [2.45, 2.75) is 28.3 Å². The van der Waals surface area contributed by atoms with Gasteiger partial charge in [0.2, 0.25) is 3.79 Å². The van der Waals surface area contributed by atoms with E-state index in [1.807, 2.05) is 48.5 Å². The summed E-state index contributed by atoms with van der Waals surface area (Å²) in [6.45, 7) is 1.19. The zero-order valence-corrected chi connectivity index (χ0v) is 20.2. The number of rotatable bonds is 5. The van der Waals surface area contributed by atoms with Gasteiger partial charge in [-0.1, -0.05) is 83.3 Å². The summed E-state index contributed by atoms with van der Waals surface area (Å²) in [6, 6.07) is 20.0. The summed E-state index contributed by atoms with van der Waals surface area (Å²) in [5.41, 5.74) is 2.82. The molecular weight excluding hydrogens is 487 g/mol. The van der Waals surface area contributed by atoms with Crippen molar-refractivity contribution in [3.8, 4) is 0 Å². The molecule has 1 fully saturated rings. The van der Waals surface area contributed by atoms with E-state index >= 15 is 0 Å². The molecule has 0 aliphatic carbocycles. The number of alkyl halides is 3. The standard InChI is InChI=1S/C23H23Cl3N4OS/c24-23(25,26)21(28-18-12-17(13-31-14-18)15-6-2-1-3-7-15)30-22(32)29-19-10-4-8-16-9-5-11-27-20(16)19/h1-11,17-18,21,28H,12-14H2,(H2,29,30,32). The summed E-state index contributed by atoms with van der Waals surface area (Å²) in [5, 5.41) is 11.0. The number of pyridine rings is 1. The van der Waals surface area contributed by atoms with Crippen LogP contribution in [0.5, 0.6) is 0 Å². The predicted octanol–water partition coefficient (Wildman–Crippen LogP) is 5.38. The number of anilines is 1. The molecule has 2 aromatic carbocycles. The Morgan fingerprint density at radius 2 is 1.81 bits per heavy atom. The Kier molecular flexibility index (Phi) is 7.71. The average Bonchev–Trinajstić information content (AvgIpc) is 2.79. The number of para-hydroxylation sites is 1. The second-order valence-corrected chi connectivity index (χ2v) is 10.5. The van der Waals surface area contributed by atoms with Crippen molar-refractivity contribution in [2.75, 3.05) is 18.5 Å². The fraction of sp³-hybridized carbons (Fsp3) is 0.304. The summed E-state index contributed by atoms with van der Waals surface area (Å²) in [5.74, 6) is 0.269. The second kappa shape index (κ2) is 10.5. The van der Waals surface area contributed by atoms with Crippen LogP contribution in [0.25, 0.3) is 10.9 Å². The summed E-state index contributed by atoms with van der Waals surface area (Å²) < 4.78 is 4.20. The Morgan fingerprint density at radius 3 is 2.59 bits per heavy atom. The van der Waals surface area contributed by atoms with Gasteiger partial charge in [-0.25, -0.2) is 0 Å². The van der Waals surface area contributed by atoms with Crippen LogP contribution in [0.3, 0.4) is 0 Å². The van der Waals surface area contributed by atoms with Crippen LogP contribution >= 0.6 is 47.0 Å². The quantitative estimate of drug-likeness (QED) is 0.244. The first-order chi connectivity index (χ1) is 15.4. The summed E-state index contributed by atoms with van der Waals surface area (Å²) in [7, 11) is 0. The molecule has 3 aromatic rings. The molecule has 1 aliphatic heterocycles. The van der Waals surface area contributed by atoms with E-state index in [1.165, 1.54) is 5.56 Å². The molecule has 3 unspecified atom stereocenters. The van der Waals surface area contributed by atoms with Gasteiger partial charge < -0.3 is 15.4 Å². The first-order valence-corrected chi connectivity index (χ1v) is 11.8. The number of ether oxygens (including phenoxy) is 1. The van der Waals surface area contributed by atoms with Crippen LogP contribution in [0.4, 0.5) is 5.69 Å². The van der Waals surface area contributed by atoms with Crippen molar-refractivity contribution in [2.24, 2.45) is 0 Å². The van der Waals surface area contributed by atoms with Gasteiger partial charge >= 0.3 is 0 Å². The number of hydrogen-bond acceptors (Lipinski definition) is 4. The Bertz CT molecular complexity index is 1060. The molecule has 9 heteroatoms. The second-order valence-electron chi connectivity index (χ2n) is 7.70. The van der Waals surface area contributed by atoms with E-state index in [1.54, 1.807) is 6.20 Å². The maximum Gasteiger partial charge on any atom is 0.223 e. The number of fused-ring (bicyclic) bond motifs is 1. The number of nitrogens with one attached hydrogen (secondary N) is 3. The van der Waals surface area contributed by atoms with Crippen molar-refractivity contribution < 1.29 is 4.74 Å². The molecule has 4 rings (SSSR count). The van der Waals surface area contributed by atoms with Gasteiger partial charge in [0.1, 0.15) is 6.17 Å². The fourth-order valence-corrected chi connectivity index (χ4v) is 4.43. The molecule has 0 radical (unpaired) electrons. The van der Waals surface area contributed by atoms with Gasteiger partial charge in [-0.05, 0) is 36.3 Å². The third-order valence-corrected chi connectivity index (χ3v) is 6.24. The molecule has 3 atom stereocenters. The predicted molar refractivity (Wildman–Crippen MR) is 137 cm³/mol. The number of benzene rings is 2. The maximum absolute atomic E-state index is 6.28. The molecule has 1 aliphatic rings. The van der Waals surface area contributed by atoms with Crippen LogP contribution in [-0.2, 0) is 4.74 Å². The van der Waals surface area contributed by atoms with Gasteiger partial charge in [0, 0.05) is 23.5 Å². The molecule has 0 saturated carbocycles. The number of nitrogens with zero attached hydrogens (tertiary/aromatic N) is 1. The summed E-state index contributed by atoms with van der Waals surface area (Å²) in [4.78, 5) is 4.43. The SMILES string of the molecule is S=C(Nc1cccc2cccnc12)NC(NC1COCC(c2ccccc2)C1)C(Cl)(Cl)Cl. The number of thiocarbonyl (C=S) groups is 1. The molecule has 1 aromatic heterocycles. The van der Waals surface area contributed by atoms with Crippen molar-refractivity contribution >= 4 is 68.7 Å². The number of hydrogen-bond donors (Lipinski definition) is 3. The molecule has 0 amide bonds. The largest absolute Gasteiger partial charge is 0.379 e. The molecular formula is C23H23Cl3N4OS. The third-order valence-electron chi connectivity index (χ3n) is 5.36. The minimum absolute atomic E-state index is 0.0101. The van der Waals surface area contributed by atoms with Crippen molar-refractivity contribution in [3.05, 3.63) is 72.4 Å². The highest BCUT2D eigenvalue weighted by Gasteiger charge is 2.36. The van der Waals surface area contributed by atoms with Gasteiger partial charge in [-0.3, -0.25) is 10.3 Å². The lowest BCUT2D eigenvalue weighted by Gasteiger charge is -2.36. The lowest BCUT2D eigenvalue weighted by Crippen LogP contribution is -2.59. The summed E-state index contributed by atoms with van der Waals surface area (Å²) in [6.07, 6.45) is 1.87. The van der Waals surface area contributed by atoms with Crippen LogP contribution in [-0.4, -0.2) is 39.3 Å². The Labute approximate surface area is 207 Å². The van der Waals surface area contributed by atoms with E-state index in [0.717, 1.165) is 23.0 Å². The first-order valence-electron chi connectivity index (χ1n) is 10.3. The van der Waals surface area contributed by atoms with Crippen molar-refractivity contribution in [1.29, 1.82) is 0 Å². The minimum atomic E-state index is -1.64. The van der Waals surface area contributed by atoms with Gasteiger partial charge in [-0.15, -0.1) is 0 Å². The van der Waals surface area contributed by atoms with Gasteiger partial charge in [0.15, 0.2) is 5.11 Å². The van der Waals surface area contributed by atoms with E-state index in [2.05, 4.69) is 33.1 Å². The van der Waals surface area contributed by atoms with Crippen LogP contribution in [0.1, 0.15) is 17.9 Å². The molecule has 3 N–H and O–H groups in total. The topological polar surface area (TPSA) is 58.2 Å². The molecule has 32 heavy (non-hydrogen) atoms. The van der Waals surface area contributed by atoms with E-state index in [0.29, 0.717) is 18.3 Å². The zero-order chi connectivity index (χ0) is 22.6. The number of halogens is 3. The molecule has 0 bridgehead atoms. The normalized spacial score (nSPS) is 20.0. The van der Waals surface area contributed by atoms with Crippen molar-refractivity contribution in [3.63, 3.8) is 0 Å². The van der Waals surface area contributed by atoms with Crippen LogP contribution in [0.15, 0.2) is 66.9 Å². The lowest BCUT2D eigenvalue weighted by molar-refractivity contribution is 0.0505. The minimum Gasteiger partial charge on any atom is -0.379 e. The summed E-state index contributed by atoms with van der Waals surface area (Å²) >= 11 is 24.4. The van der Waals surface area contributed by atoms with E-state index < -0.39 is 9.96 Å². The van der Waals surface area contributed by atoms with Crippen molar-refractivity contribution in [1.82, 2.24) is 15.6 Å². The molecule has 5 nitrogen and oxygen atoms in total. The van der Waals surface area contributed by atoms with Gasteiger partial charge in [0.25, 0.3) is 0 Å². The Hall–Kier alpha value is -1.67.